The SMILES string of the molecule is COc1c(F)cc(F)c(-c2cc(C(=O)O)nn2C)c1O. The van der Waals surface area contributed by atoms with Gasteiger partial charge in [0, 0.05) is 13.1 Å². The van der Waals surface area contributed by atoms with Crippen molar-refractivity contribution in [3.8, 4) is 22.8 Å². The zero-order valence-electron chi connectivity index (χ0n) is 10.5. The van der Waals surface area contributed by atoms with Crippen LogP contribution >= 0.6 is 0 Å². The molecule has 0 bridgehead atoms. The first kappa shape index (κ1) is 13.8. The summed E-state index contributed by atoms with van der Waals surface area (Å²) in [5, 5.41) is 22.4. The molecule has 0 saturated carbocycles. The maximum absolute atomic E-state index is 13.9. The molecule has 8 heteroatoms. The molecule has 1 aromatic carbocycles. The average molecular weight is 284 g/mol. The molecule has 1 aromatic heterocycles. The van der Waals surface area contributed by atoms with Crippen LogP contribution in [0.15, 0.2) is 12.1 Å². The van der Waals surface area contributed by atoms with Crippen LogP contribution in [0.25, 0.3) is 11.3 Å². The number of hydrogen-bond donors (Lipinski definition) is 2. The van der Waals surface area contributed by atoms with E-state index in [0.717, 1.165) is 17.9 Å². The third-order valence-electron chi connectivity index (χ3n) is 2.72. The first-order valence-electron chi connectivity index (χ1n) is 5.39. The van der Waals surface area contributed by atoms with Gasteiger partial charge >= 0.3 is 5.97 Å². The summed E-state index contributed by atoms with van der Waals surface area (Å²) >= 11 is 0. The maximum Gasteiger partial charge on any atom is 0.356 e. The number of aromatic hydroxyl groups is 1. The predicted octanol–water partition coefficient (Wildman–Crippen LogP) is 1.78. The Hall–Kier alpha value is -2.64. The van der Waals surface area contributed by atoms with Gasteiger partial charge in [0.25, 0.3) is 0 Å². The molecule has 0 amide bonds. The zero-order valence-corrected chi connectivity index (χ0v) is 10.5. The maximum atomic E-state index is 13.9. The summed E-state index contributed by atoms with van der Waals surface area (Å²) in [5.74, 6) is -4.71. The molecule has 20 heavy (non-hydrogen) atoms. The summed E-state index contributed by atoms with van der Waals surface area (Å²) in [4.78, 5) is 10.8. The number of aryl methyl sites for hydroxylation is 1. The lowest BCUT2D eigenvalue weighted by Crippen LogP contribution is -2.00. The van der Waals surface area contributed by atoms with Gasteiger partial charge in [-0.1, -0.05) is 0 Å². The Morgan fingerprint density at radius 1 is 1.35 bits per heavy atom. The number of carboxylic acids is 1. The number of aromatic carboxylic acids is 1. The summed E-state index contributed by atoms with van der Waals surface area (Å²) < 4.78 is 33.0. The number of halogens is 2. The Morgan fingerprint density at radius 2 is 2.00 bits per heavy atom. The summed E-state index contributed by atoms with van der Waals surface area (Å²) in [6, 6.07) is 1.61. The number of phenols is 1. The van der Waals surface area contributed by atoms with E-state index in [1.807, 2.05) is 0 Å². The lowest BCUT2D eigenvalue weighted by molar-refractivity contribution is 0.0689. The van der Waals surface area contributed by atoms with Crippen molar-refractivity contribution in [1.82, 2.24) is 9.78 Å². The van der Waals surface area contributed by atoms with Crippen molar-refractivity contribution >= 4 is 5.97 Å². The standard InChI is InChI=1S/C12H10F2N2O4/c1-16-8(4-7(15-16)12(18)19)9-5(13)3-6(14)11(20-2)10(9)17/h3-4,17H,1-2H3,(H,18,19). The molecule has 0 atom stereocenters. The molecule has 106 valence electrons. The van der Waals surface area contributed by atoms with Crippen molar-refractivity contribution in [2.24, 2.45) is 7.05 Å². The van der Waals surface area contributed by atoms with Crippen LogP contribution < -0.4 is 4.74 Å². The molecule has 0 radical (unpaired) electrons. The Balaban J connectivity index is 2.73. The number of phenolic OH excluding ortho intramolecular Hbond substituents is 1. The Kier molecular flexibility index (Phi) is 3.31. The van der Waals surface area contributed by atoms with E-state index in [1.165, 1.54) is 7.05 Å². The molecule has 0 aliphatic carbocycles. The van der Waals surface area contributed by atoms with Crippen molar-refractivity contribution in [2.75, 3.05) is 7.11 Å². The highest BCUT2D eigenvalue weighted by Gasteiger charge is 2.24. The number of methoxy groups -OCH3 is 1. The number of nitrogens with zero attached hydrogens (tertiary/aromatic N) is 2. The highest BCUT2D eigenvalue weighted by molar-refractivity contribution is 5.87. The second kappa shape index (κ2) is 4.80. The normalized spacial score (nSPS) is 10.6. The Bertz CT molecular complexity index is 697. The van der Waals surface area contributed by atoms with Gasteiger partial charge in [-0.2, -0.15) is 5.10 Å². The number of carbonyl (C=O) groups is 1. The quantitative estimate of drug-likeness (QED) is 0.897. The van der Waals surface area contributed by atoms with Gasteiger partial charge in [-0.05, 0) is 6.07 Å². The van der Waals surface area contributed by atoms with Crippen molar-refractivity contribution in [1.29, 1.82) is 0 Å². The molecule has 1 heterocycles. The van der Waals surface area contributed by atoms with Gasteiger partial charge in [-0.25, -0.2) is 13.6 Å². The van der Waals surface area contributed by atoms with Gasteiger partial charge in [-0.15, -0.1) is 0 Å². The summed E-state index contributed by atoms with van der Waals surface area (Å²) in [5.41, 5.74) is -0.731. The highest BCUT2D eigenvalue weighted by atomic mass is 19.1. The topological polar surface area (TPSA) is 84.6 Å². The highest BCUT2D eigenvalue weighted by Crippen LogP contribution is 2.40. The lowest BCUT2D eigenvalue weighted by atomic mass is 10.1. The number of benzene rings is 1. The third-order valence-corrected chi connectivity index (χ3v) is 2.72. The first-order chi connectivity index (χ1) is 9.36. The Labute approximate surface area is 111 Å². The molecule has 0 aliphatic rings. The van der Waals surface area contributed by atoms with Crippen LogP contribution in [0.5, 0.6) is 11.5 Å². The minimum atomic E-state index is -1.30. The second-order valence-corrected chi connectivity index (χ2v) is 3.94. The van der Waals surface area contributed by atoms with E-state index in [9.17, 15) is 18.7 Å². The van der Waals surface area contributed by atoms with Gasteiger partial charge in [0.05, 0.1) is 18.4 Å². The Morgan fingerprint density at radius 3 is 2.50 bits per heavy atom. The average Bonchev–Trinajstić information content (AvgIpc) is 2.72. The molecular formula is C12H10F2N2O4. The number of hydrogen-bond acceptors (Lipinski definition) is 4. The van der Waals surface area contributed by atoms with E-state index in [-0.39, 0.29) is 17.0 Å². The predicted molar refractivity (Wildman–Crippen MR) is 63.7 cm³/mol. The molecule has 0 fully saturated rings. The fourth-order valence-corrected chi connectivity index (χ4v) is 1.83. The van der Waals surface area contributed by atoms with Crippen molar-refractivity contribution in [2.45, 2.75) is 0 Å². The first-order valence-corrected chi connectivity index (χ1v) is 5.39. The van der Waals surface area contributed by atoms with Gasteiger partial charge in [0.15, 0.2) is 23.0 Å². The molecule has 0 spiro atoms. The van der Waals surface area contributed by atoms with Crippen molar-refractivity contribution in [3.63, 3.8) is 0 Å². The summed E-state index contributed by atoms with van der Waals surface area (Å²) in [6.07, 6.45) is 0. The van der Waals surface area contributed by atoms with Crippen LogP contribution in [0.3, 0.4) is 0 Å². The molecule has 0 aliphatic heterocycles. The molecule has 2 rings (SSSR count). The minimum Gasteiger partial charge on any atom is -0.504 e. The van der Waals surface area contributed by atoms with E-state index in [2.05, 4.69) is 9.84 Å². The van der Waals surface area contributed by atoms with E-state index < -0.39 is 29.1 Å². The van der Waals surface area contributed by atoms with Crippen LogP contribution in [0, 0.1) is 11.6 Å². The fraction of sp³-hybridized carbons (Fsp3) is 0.167. The smallest absolute Gasteiger partial charge is 0.356 e. The number of carboxylic acid groups (broad SMARTS) is 1. The van der Waals surface area contributed by atoms with Crippen LogP contribution in [0.2, 0.25) is 0 Å². The molecule has 2 N–H and O–H groups in total. The zero-order chi connectivity index (χ0) is 15.0. The van der Waals surface area contributed by atoms with Crippen LogP contribution in [-0.4, -0.2) is 33.1 Å². The van der Waals surface area contributed by atoms with Gasteiger partial charge in [-0.3, -0.25) is 4.68 Å². The molecule has 6 nitrogen and oxygen atoms in total. The van der Waals surface area contributed by atoms with Crippen molar-refractivity contribution in [3.05, 3.63) is 29.5 Å². The molecular weight excluding hydrogens is 274 g/mol. The van der Waals surface area contributed by atoms with E-state index in [1.54, 1.807) is 0 Å². The summed E-state index contributed by atoms with van der Waals surface area (Å²) in [7, 11) is 2.49. The van der Waals surface area contributed by atoms with Gasteiger partial charge < -0.3 is 14.9 Å². The molecule has 0 saturated heterocycles. The number of aromatic nitrogens is 2. The van der Waals surface area contributed by atoms with Crippen molar-refractivity contribution < 1.29 is 28.5 Å². The number of rotatable bonds is 3. The van der Waals surface area contributed by atoms with Gasteiger partial charge in [0.2, 0.25) is 0 Å². The second-order valence-electron chi connectivity index (χ2n) is 3.94. The summed E-state index contributed by atoms with van der Waals surface area (Å²) in [6.45, 7) is 0. The van der Waals surface area contributed by atoms with E-state index in [0.29, 0.717) is 6.07 Å². The lowest BCUT2D eigenvalue weighted by Gasteiger charge is -2.11. The number of ether oxygens (including phenoxy) is 1. The van der Waals surface area contributed by atoms with E-state index in [4.69, 9.17) is 5.11 Å². The molecule has 0 unspecified atom stereocenters. The van der Waals surface area contributed by atoms with Crippen LogP contribution in [0.1, 0.15) is 10.5 Å². The largest absolute Gasteiger partial charge is 0.504 e. The third kappa shape index (κ3) is 2.04. The van der Waals surface area contributed by atoms with E-state index >= 15 is 0 Å². The van der Waals surface area contributed by atoms with Gasteiger partial charge in [0.1, 0.15) is 5.82 Å². The fourth-order valence-electron chi connectivity index (χ4n) is 1.83. The van der Waals surface area contributed by atoms with Crippen LogP contribution in [-0.2, 0) is 7.05 Å². The molecule has 2 aromatic rings. The minimum absolute atomic E-state index is 0.0179. The monoisotopic (exact) mass is 284 g/mol. The van der Waals surface area contributed by atoms with Crippen LogP contribution in [0.4, 0.5) is 8.78 Å².